The van der Waals surface area contributed by atoms with Crippen molar-refractivity contribution < 1.29 is 13.6 Å². The van der Waals surface area contributed by atoms with Gasteiger partial charge < -0.3 is 15.6 Å². The van der Waals surface area contributed by atoms with Gasteiger partial charge in [-0.3, -0.25) is 4.79 Å². The molecule has 1 aliphatic heterocycles. The zero-order chi connectivity index (χ0) is 16.7. The van der Waals surface area contributed by atoms with Gasteiger partial charge in [-0.25, -0.2) is 13.8 Å². The number of carbonyl (C=O) groups is 1. The van der Waals surface area contributed by atoms with Gasteiger partial charge in [0.25, 0.3) is 5.91 Å². The van der Waals surface area contributed by atoms with Crippen LogP contribution in [-0.4, -0.2) is 22.5 Å². The van der Waals surface area contributed by atoms with Gasteiger partial charge in [-0.1, -0.05) is 0 Å². The summed E-state index contributed by atoms with van der Waals surface area (Å²) in [6, 6.07) is 2.20. The Kier molecular flexibility index (Phi) is 3.79. The SMILES string of the molecule is CNC(=O)c1ncn2c1CC[C@H](c1c(F)ccc(N)c1F)[C@@H]2C. The van der Waals surface area contributed by atoms with Crippen molar-refractivity contribution in [3.8, 4) is 0 Å². The molecule has 3 N–H and O–H groups in total. The number of nitrogens with one attached hydrogen (secondary N) is 1. The highest BCUT2D eigenvalue weighted by atomic mass is 19.1. The smallest absolute Gasteiger partial charge is 0.271 e. The first-order valence-corrected chi connectivity index (χ1v) is 7.46. The van der Waals surface area contributed by atoms with Crippen molar-refractivity contribution in [1.82, 2.24) is 14.9 Å². The van der Waals surface area contributed by atoms with E-state index in [-0.39, 0.29) is 29.1 Å². The standard InChI is InChI=1S/C16H18F2N4O/c1-8-9(13-10(17)4-5-11(19)14(13)18)3-6-12-15(16(23)20-2)21-7-22(8)12/h4-5,7-9H,3,6,19H2,1-2H3,(H,20,23)/t8-,9-/m0/s1. The number of amides is 1. The average molecular weight is 320 g/mol. The summed E-state index contributed by atoms with van der Waals surface area (Å²) in [6.45, 7) is 1.87. The third-order valence-electron chi connectivity index (χ3n) is 4.58. The van der Waals surface area contributed by atoms with Crippen molar-refractivity contribution in [2.24, 2.45) is 0 Å². The number of carbonyl (C=O) groups excluding carboxylic acids is 1. The molecular formula is C16H18F2N4O. The normalized spacial score (nSPS) is 20.2. The molecule has 3 rings (SSSR count). The summed E-state index contributed by atoms with van der Waals surface area (Å²) in [4.78, 5) is 16.0. The predicted octanol–water partition coefficient (Wildman–Crippen LogP) is 2.39. The number of hydrogen-bond donors (Lipinski definition) is 2. The van der Waals surface area contributed by atoms with E-state index in [1.165, 1.54) is 12.1 Å². The van der Waals surface area contributed by atoms with Crippen molar-refractivity contribution in [2.45, 2.75) is 31.7 Å². The van der Waals surface area contributed by atoms with E-state index in [0.29, 0.717) is 18.5 Å². The molecule has 1 aliphatic rings. The molecule has 1 amide bonds. The Balaban J connectivity index is 2.03. The van der Waals surface area contributed by atoms with Crippen molar-refractivity contribution in [2.75, 3.05) is 12.8 Å². The highest BCUT2D eigenvalue weighted by molar-refractivity contribution is 5.93. The summed E-state index contributed by atoms with van der Waals surface area (Å²) in [7, 11) is 1.54. The molecule has 5 nitrogen and oxygen atoms in total. The van der Waals surface area contributed by atoms with Crippen LogP contribution >= 0.6 is 0 Å². The molecule has 0 saturated carbocycles. The zero-order valence-corrected chi connectivity index (χ0v) is 12.9. The lowest BCUT2D eigenvalue weighted by molar-refractivity contribution is 0.0957. The monoisotopic (exact) mass is 320 g/mol. The Hall–Kier alpha value is -2.44. The van der Waals surface area contributed by atoms with Gasteiger partial charge in [0, 0.05) is 24.6 Å². The second kappa shape index (κ2) is 5.64. The number of anilines is 1. The molecule has 2 heterocycles. The van der Waals surface area contributed by atoms with Crippen LogP contribution in [0.1, 0.15) is 47.1 Å². The van der Waals surface area contributed by atoms with E-state index < -0.39 is 11.6 Å². The van der Waals surface area contributed by atoms with E-state index in [1.807, 2.05) is 11.5 Å². The fraction of sp³-hybridized carbons (Fsp3) is 0.375. The highest BCUT2D eigenvalue weighted by Gasteiger charge is 2.34. The van der Waals surface area contributed by atoms with Gasteiger partial charge in [0.05, 0.1) is 17.7 Å². The second-order valence-electron chi connectivity index (χ2n) is 5.78. The Labute approximate surface area is 132 Å². The lowest BCUT2D eigenvalue weighted by Gasteiger charge is -2.32. The topological polar surface area (TPSA) is 72.9 Å². The Morgan fingerprint density at radius 1 is 1.43 bits per heavy atom. The van der Waals surface area contributed by atoms with E-state index in [9.17, 15) is 13.6 Å². The largest absolute Gasteiger partial charge is 0.396 e. The summed E-state index contributed by atoms with van der Waals surface area (Å²) in [6.07, 6.45) is 2.60. The van der Waals surface area contributed by atoms with Gasteiger partial charge in [0.15, 0.2) is 5.82 Å². The van der Waals surface area contributed by atoms with Crippen LogP contribution in [0.2, 0.25) is 0 Å². The highest BCUT2D eigenvalue weighted by Crippen LogP contribution is 2.41. The van der Waals surface area contributed by atoms with E-state index in [4.69, 9.17) is 5.73 Å². The molecule has 0 aliphatic carbocycles. The number of nitrogen functional groups attached to an aromatic ring is 1. The number of fused-ring (bicyclic) bond motifs is 1. The minimum atomic E-state index is -0.697. The summed E-state index contributed by atoms with van der Waals surface area (Å²) in [5.74, 6) is -1.91. The van der Waals surface area contributed by atoms with E-state index in [0.717, 1.165) is 5.69 Å². The lowest BCUT2D eigenvalue weighted by atomic mass is 9.83. The Morgan fingerprint density at radius 3 is 2.87 bits per heavy atom. The van der Waals surface area contributed by atoms with Crippen molar-refractivity contribution >= 4 is 11.6 Å². The minimum Gasteiger partial charge on any atom is -0.396 e. The first-order valence-electron chi connectivity index (χ1n) is 7.46. The van der Waals surface area contributed by atoms with Crippen LogP contribution in [0.25, 0.3) is 0 Å². The van der Waals surface area contributed by atoms with Crippen molar-refractivity contribution in [1.29, 1.82) is 0 Å². The Morgan fingerprint density at radius 2 is 2.17 bits per heavy atom. The van der Waals surface area contributed by atoms with Gasteiger partial charge in [-0.05, 0) is 31.9 Å². The maximum Gasteiger partial charge on any atom is 0.271 e. The van der Waals surface area contributed by atoms with Gasteiger partial charge >= 0.3 is 0 Å². The first-order chi connectivity index (χ1) is 11.0. The van der Waals surface area contributed by atoms with Crippen LogP contribution in [-0.2, 0) is 6.42 Å². The molecule has 0 fully saturated rings. The van der Waals surface area contributed by atoms with Crippen LogP contribution in [0.3, 0.4) is 0 Å². The molecule has 1 aromatic heterocycles. The number of hydrogen-bond acceptors (Lipinski definition) is 3. The Bertz CT molecular complexity index is 772. The zero-order valence-electron chi connectivity index (χ0n) is 12.9. The molecule has 122 valence electrons. The third kappa shape index (κ3) is 2.36. The second-order valence-corrected chi connectivity index (χ2v) is 5.78. The number of halogens is 2. The van der Waals surface area contributed by atoms with Crippen LogP contribution in [0.5, 0.6) is 0 Å². The first kappa shape index (κ1) is 15.5. The van der Waals surface area contributed by atoms with Gasteiger partial charge in [-0.15, -0.1) is 0 Å². The van der Waals surface area contributed by atoms with E-state index in [2.05, 4.69) is 10.3 Å². The minimum absolute atomic E-state index is 0.0124. The molecule has 0 spiro atoms. The van der Waals surface area contributed by atoms with Crippen LogP contribution < -0.4 is 11.1 Å². The number of aromatic nitrogens is 2. The van der Waals surface area contributed by atoms with E-state index >= 15 is 0 Å². The molecule has 1 aromatic carbocycles. The number of rotatable bonds is 2. The summed E-state index contributed by atoms with van der Waals surface area (Å²) >= 11 is 0. The van der Waals surface area contributed by atoms with Crippen LogP contribution in [0.15, 0.2) is 18.5 Å². The van der Waals surface area contributed by atoms with Crippen molar-refractivity contribution in [3.05, 3.63) is 47.0 Å². The average Bonchev–Trinajstić information content (AvgIpc) is 2.97. The molecular weight excluding hydrogens is 302 g/mol. The fourth-order valence-corrected chi connectivity index (χ4v) is 3.33. The van der Waals surface area contributed by atoms with Crippen LogP contribution in [0, 0.1) is 11.6 Å². The molecule has 7 heteroatoms. The van der Waals surface area contributed by atoms with Gasteiger partial charge in [0.1, 0.15) is 11.5 Å². The molecule has 0 unspecified atom stereocenters. The van der Waals surface area contributed by atoms with Gasteiger partial charge in [-0.2, -0.15) is 0 Å². The maximum atomic E-state index is 14.3. The maximum absolute atomic E-state index is 14.3. The predicted molar refractivity (Wildman–Crippen MR) is 82.2 cm³/mol. The number of nitrogens with two attached hydrogens (primary N) is 1. The molecule has 0 saturated heterocycles. The number of imidazole rings is 1. The summed E-state index contributed by atoms with van der Waals surface area (Å²) < 4.78 is 30.3. The van der Waals surface area contributed by atoms with Crippen molar-refractivity contribution in [3.63, 3.8) is 0 Å². The summed E-state index contributed by atoms with van der Waals surface area (Å²) in [5, 5.41) is 2.55. The lowest BCUT2D eigenvalue weighted by Crippen LogP contribution is -2.27. The molecule has 23 heavy (non-hydrogen) atoms. The summed E-state index contributed by atoms with van der Waals surface area (Å²) in [5.41, 5.74) is 6.69. The quantitative estimate of drug-likeness (QED) is 0.835. The van der Waals surface area contributed by atoms with E-state index in [1.54, 1.807) is 13.4 Å². The molecule has 2 aromatic rings. The molecule has 0 radical (unpaired) electrons. The number of nitrogens with zero attached hydrogens (tertiary/aromatic N) is 2. The van der Waals surface area contributed by atoms with Gasteiger partial charge in [0.2, 0.25) is 0 Å². The van der Waals surface area contributed by atoms with Crippen LogP contribution in [0.4, 0.5) is 14.5 Å². The third-order valence-corrected chi connectivity index (χ3v) is 4.58. The number of benzene rings is 1. The fourth-order valence-electron chi connectivity index (χ4n) is 3.33. The molecule has 2 atom stereocenters. The molecule has 0 bridgehead atoms.